The van der Waals surface area contributed by atoms with Crippen molar-refractivity contribution < 1.29 is 4.42 Å². The summed E-state index contributed by atoms with van der Waals surface area (Å²) in [5.41, 5.74) is 3.20. The second kappa shape index (κ2) is 3.12. The largest absolute Gasteiger partial charge is 0.432 e. The van der Waals surface area contributed by atoms with Gasteiger partial charge in [0.25, 0.3) is 6.39 Å². The van der Waals surface area contributed by atoms with E-state index in [0.29, 0.717) is 0 Å². The maximum Gasteiger partial charge on any atom is 0.284 e. The van der Waals surface area contributed by atoms with Crippen LogP contribution in [0.15, 0.2) is 22.6 Å². The van der Waals surface area contributed by atoms with Crippen molar-refractivity contribution >= 4 is 11.1 Å². The van der Waals surface area contributed by atoms with E-state index in [4.69, 9.17) is 4.42 Å². The van der Waals surface area contributed by atoms with Crippen molar-refractivity contribution in [3.8, 4) is 0 Å². The van der Waals surface area contributed by atoms with Gasteiger partial charge in [0.1, 0.15) is 5.52 Å². The number of hydrogen-bond acceptors (Lipinski definition) is 2. The predicted octanol–water partition coefficient (Wildman–Crippen LogP) is 3.32. The van der Waals surface area contributed by atoms with Crippen LogP contribution in [0.2, 0.25) is 0 Å². The summed E-state index contributed by atoms with van der Waals surface area (Å²) in [4.78, 5) is 4.04. The molecule has 1 aromatic heterocycles. The summed E-state index contributed by atoms with van der Waals surface area (Å²) in [7, 11) is 0. The first-order chi connectivity index (χ1) is 6.63. The molecule has 1 aromatic carbocycles. The Bertz CT molecular complexity index is 442. The van der Waals surface area contributed by atoms with Crippen LogP contribution in [-0.4, -0.2) is 4.98 Å². The van der Waals surface area contributed by atoms with E-state index in [9.17, 15) is 0 Å². The molecule has 0 aliphatic carbocycles. The number of nitrogens with zero attached hydrogens (tertiary/aromatic N) is 1. The van der Waals surface area contributed by atoms with Gasteiger partial charge >= 0.3 is 0 Å². The molecule has 73 valence electrons. The molecule has 0 saturated carbocycles. The summed E-state index contributed by atoms with van der Waals surface area (Å²) in [6, 6.07) is 6.15. The maximum atomic E-state index is 5.08. The third-order valence-corrected chi connectivity index (χ3v) is 2.95. The van der Waals surface area contributed by atoms with Crippen LogP contribution in [0.25, 0.3) is 11.1 Å². The van der Waals surface area contributed by atoms with Crippen molar-refractivity contribution in [1.29, 1.82) is 0 Å². The van der Waals surface area contributed by atoms with Crippen LogP contribution in [0.3, 0.4) is 0 Å². The second-order valence-electron chi connectivity index (χ2n) is 4.23. The van der Waals surface area contributed by atoms with Gasteiger partial charge in [-0.05, 0) is 29.5 Å². The molecule has 0 saturated heterocycles. The van der Waals surface area contributed by atoms with Gasteiger partial charge in [0, 0.05) is 0 Å². The van der Waals surface area contributed by atoms with Gasteiger partial charge in [0.05, 0.1) is 0 Å². The molecule has 2 nitrogen and oxygen atoms in total. The van der Waals surface area contributed by atoms with Crippen molar-refractivity contribution in [2.45, 2.75) is 32.6 Å². The maximum absolute atomic E-state index is 5.08. The summed E-state index contributed by atoms with van der Waals surface area (Å²) in [6.07, 6.45) is 3.62. The fraction of sp³-hybridized carbons (Fsp3) is 0.417. The molecule has 0 spiro atoms. The molecule has 1 heterocycles. The molecule has 0 atom stereocenters. The molecule has 0 unspecified atom stereocenters. The average Bonchev–Trinajstić information content (AvgIpc) is 2.64. The van der Waals surface area contributed by atoms with E-state index in [1.165, 1.54) is 5.56 Å². The van der Waals surface area contributed by atoms with Crippen LogP contribution in [-0.2, 0) is 5.41 Å². The minimum atomic E-state index is 0.202. The Morgan fingerprint density at radius 2 is 2.21 bits per heavy atom. The molecular weight excluding hydrogens is 174 g/mol. The monoisotopic (exact) mass is 188 g/mol. The van der Waals surface area contributed by atoms with E-state index in [2.05, 4.69) is 44.3 Å². The van der Waals surface area contributed by atoms with Crippen LogP contribution in [0, 0.1) is 6.39 Å². The van der Waals surface area contributed by atoms with Crippen LogP contribution in [0.5, 0.6) is 0 Å². The zero-order valence-corrected chi connectivity index (χ0v) is 8.79. The van der Waals surface area contributed by atoms with Crippen molar-refractivity contribution in [2.75, 3.05) is 0 Å². The lowest BCUT2D eigenvalue weighted by Crippen LogP contribution is -2.14. The standard InChI is InChI=1S/C12H14NO/c1-4-12(2,3)9-5-6-11-10(7-9)13-8-14-11/h5-7H,4H2,1-3H3. The number of oxazole rings is 1. The first-order valence-corrected chi connectivity index (χ1v) is 4.90. The molecule has 14 heavy (non-hydrogen) atoms. The van der Waals surface area contributed by atoms with Crippen molar-refractivity contribution in [2.24, 2.45) is 0 Å². The van der Waals surface area contributed by atoms with E-state index in [0.717, 1.165) is 17.5 Å². The van der Waals surface area contributed by atoms with Gasteiger partial charge in [0.15, 0.2) is 5.58 Å². The highest BCUT2D eigenvalue weighted by atomic mass is 16.3. The number of fused-ring (bicyclic) bond motifs is 1. The van der Waals surface area contributed by atoms with Gasteiger partial charge in [0.2, 0.25) is 0 Å². The van der Waals surface area contributed by atoms with Crippen LogP contribution in [0.4, 0.5) is 0 Å². The summed E-state index contributed by atoms with van der Waals surface area (Å²) in [5.74, 6) is 0. The number of rotatable bonds is 2. The first-order valence-electron chi connectivity index (χ1n) is 4.90. The lowest BCUT2D eigenvalue weighted by atomic mass is 9.82. The summed E-state index contributed by atoms with van der Waals surface area (Å²) < 4.78 is 5.08. The quantitative estimate of drug-likeness (QED) is 0.722. The highest BCUT2D eigenvalue weighted by Gasteiger charge is 2.18. The molecule has 2 rings (SSSR count). The van der Waals surface area contributed by atoms with E-state index in [1.807, 2.05) is 6.07 Å². The topological polar surface area (TPSA) is 26.0 Å². The molecule has 2 aromatic rings. The molecule has 0 aliphatic heterocycles. The van der Waals surface area contributed by atoms with E-state index in [1.54, 1.807) is 0 Å². The smallest absolute Gasteiger partial charge is 0.284 e. The highest BCUT2D eigenvalue weighted by Crippen LogP contribution is 2.28. The van der Waals surface area contributed by atoms with Crippen molar-refractivity contribution in [1.82, 2.24) is 4.98 Å². The lowest BCUT2D eigenvalue weighted by molar-refractivity contribution is 0.506. The predicted molar refractivity (Wildman–Crippen MR) is 56.2 cm³/mol. The molecule has 1 radical (unpaired) electrons. The third-order valence-electron chi connectivity index (χ3n) is 2.95. The minimum Gasteiger partial charge on any atom is -0.432 e. The lowest BCUT2D eigenvalue weighted by Gasteiger charge is -2.22. The summed E-state index contributed by atoms with van der Waals surface area (Å²) >= 11 is 0. The highest BCUT2D eigenvalue weighted by molar-refractivity contribution is 5.73. The van der Waals surface area contributed by atoms with E-state index < -0.39 is 0 Å². The second-order valence-corrected chi connectivity index (χ2v) is 4.23. The third kappa shape index (κ3) is 1.41. The van der Waals surface area contributed by atoms with Gasteiger partial charge in [-0.1, -0.05) is 26.8 Å². The van der Waals surface area contributed by atoms with Crippen LogP contribution < -0.4 is 0 Å². The van der Waals surface area contributed by atoms with Crippen LogP contribution >= 0.6 is 0 Å². The first kappa shape index (κ1) is 9.25. The molecule has 2 heteroatoms. The fourth-order valence-corrected chi connectivity index (χ4v) is 1.44. The Morgan fingerprint density at radius 3 is 2.93 bits per heavy atom. The van der Waals surface area contributed by atoms with Gasteiger partial charge in [-0.25, -0.2) is 4.98 Å². The summed E-state index contributed by atoms with van der Waals surface area (Å²) in [6.45, 7) is 6.66. The Hall–Kier alpha value is -1.31. The van der Waals surface area contributed by atoms with E-state index >= 15 is 0 Å². The molecule has 0 bridgehead atoms. The average molecular weight is 188 g/mol. The Labute approximate surface area is 84.0 Å². The van der Waals surface area contributed by atoms with Gasteiger partial charge in [-0.3, -0.25) is 0 Å². The Balaban J connectivity index is 2.53. The normalized spacial score (nSPS) is 12.2. The number of hydrogen-bond donors (Lipinski definition) is 0. The Morgan fingerprint density at radius 1 is 1.43 bits per heavy atom. The number of benzene rings is 1. The molecular formula is C12H14NO. The van der Waals surface area contributed by atoms with Crippen LogP contribution in [0.1, 0.15) is 32.8 Å². The fourth-order valence-electron chi connectivity index (χ4n) is 1.44. The van der Waals surface area contributed by atoms with Gasteiger partial charge in [-0.2, -0.15) is 0 Å². The molecule has 0 amide bonds. The molecule has 0 aliphatic rings. The Kier molecular flexibility index (Phi) is 2.06. The zero-order chi connectivity index (χ0) is 10.2. The number of aromatic nitrogens is 1. The minimum absolute atomic E-state index is 0.202. The SMILES string of the molecule is CCC(C)(C)c1ccc2o[c]nc2c1. The van der Waals surface area contributed by atoms with Crippen molar-refractivity contribution in [3.05, 3.63) is 30.2 Å². The summed E-state index contributed by atoms with van der Waals surface area (Å²) in [5, 5.41) is 0. The van der Waals surface area contributed by atoms with Gasteiger partial charge in [-0.15, -0.1) is 0 Å². The van der Waals surface area contributed by atoms with Gasteiger partial charge < -0.3 is 4.42 Å². The van der Waals surface area contributed by atoms with E-state index in [-0.39, 0.29) is 5.41 Å². The molecule has 0 fully saturated rings. The molecule has 0 N–H and O–H groups in total. The van der Waals surface area contributed by atoms with Crippen molar-refractivity contribution in [3.63, 3.8) is 0 Å². The zero-order valence-electron chi connectivity index (χ0n) is 8.79.